The van der Waals surface area contributed by atoms with Crippen LogP contribution in [0, 0.1) is 11.2 Å². The molecular formula is C17H15FN2O3. The fourth-order valence-electron chi connectivity index (χ4n) is 2.50. The van der Waals surface area contributed by atoms with Gasteiger partial charge in [0, 0.05) is 11.8 Å². The van der Waals surface area contributed by atoms with E-state index in [9.17, 15) is 19.1 Å². The van der Waals surface area contributed by atoms with Gasteiger partial charge in [0.25, 0.3) is 0 Å². The van der Waals surface area contributed by atoms with Gasteiger partial charge in [0.15, 0.2) is 11.6 Å². The maximum Gasteiger partial charge on any atom is 0.247 e. The summed E-state index contributed by atoms with van der Waals surface area (Å²) in [5, 5.41) is 9.34. The van der Waals surface area contributed by atoms with E-state index in [1.54, 1.807) is 30.3 Å². The number of para-hydroxylation sites is 1. The highest BCUT2D eigenvalue weighted by Crippen LogP contribution is 2.49. The van der Waals surface area contributed by atoms with Crippen LogP contribution in [0.1, 0.15) is 12.8 Å². The second-order valence-electron chi connectivity index (χ2n) is 5.56. The first kappa shape index (κ1) is 15.0. The molecule has 0 unspecified atom stereocenters. The Morgan fingerprint density at radius 1 is 1.09 bits per heavy atom. The number of carbonyl (C=O) groups is 2. The van der Waals surface area contributed by atoms with E-state index in [0.717, 1.165) is 12.1 Å². The van der Waals surface area contributed by atoms with Gasteiger partial charge in [0.1, 0.15) is 5.41 Å². The van der Waals surface area contributed by atoms with E-state index in [0.29, 0.717) is 18.5 Å². The Balaban J connectivity index is 2.10. The van der Waals surface area contributed by atoms with Crippen LogP contribution in [0.5, 0.6) is 5.75 Å². The second-order valence-corrected chi connectivity index (χ2v) is 5.56. The lowest BCUT2D eigenvalue weighted by molar-refractivity contribution is -0.133. The predicted octanol–water partition coefficient (Wildman–Crippen LogP) is 2.46. The van der Waals surface area contributed by atoms with Crippen LogP contribution >= 0.6 is 0 Å². The van der Waals surface area contributed by atoms with E-state index in [1.807, 2.05) is 0 Å². The van der Waals surface area contributed by atoms with Gasteiger partial charge in [-0.2, -0.15) is 0 Å². The van der Waals surface area contributed by atoms with Crippen molar-refractivity contribution in [3.8, 4) is 5.75 Å². The van der Waals surface area contributed by atoms with Gasteiger partial charge >= 0.3 is 0 Å². The number of halogens is 1. The summed E-state index contributed by atoms with van der Waals surface area (Å²) in [6.45, 7) is 0. The molecule has 1 fully saturated rings. The molecule has 2 amide bonds. The summed E-state index contributed by atoms with van der Waals surface area (Å²) in [5.74, 6) is -2.52. The maximum atomic E-state index is 13.7. The first-order chi connectivity index (χ1) is 11.0. The van der Waals surface area contributed by atoms with E-state index in [1.165, 1.54) is 11.0 Å². The van der Waals surface area contributed by atoms with Crippen molar-refractivity contribution < 1.29 is 19.1 Å². The number of hydrogen-bond donors (Lipinski definition) is 2. The summed E-state index contributed by atoms with van der Waals surface area (Å²) in [6.07, 6.45) is 0.760. The zero-order valence-electron chi connectivity index (χ0n) is 12.2. The Kier molecular flexibility index (Phi) is 3.52. The number of primary amides is 1. The van der Waals surface area contributed by atoms with E-state index in [-0.39, 0.29) is 5.69 Å². The number of nitrogens with two attached hydrogens (primary N) is 1. The van der Waals surface area contributed by atoms with Crippen molar-refractivity contribution in [2.75, 3.05) is 4.90 Å². The number of rotatable bonds is 4. The SMILES string of the molecule is NC(=O)C1(C(=O)N(c2ccccc2)c2ccc(O)c(F)c2)CC1. The molecule has 118 valence electrons. The van der Waals surface area contributed by atoms with Gasteiger partial charge in [-0.3, -0.25) is 14.5 Å². The molecule has 2 aromatic carbocycles. The van der Waals surface area contributed by atoms with Crippen LogP contribution in [0.15, 0.2) is 48.5 Å². The highest BCUT2D eigenvalue weighted by atomic mass is 19.1. The lowest BCUT2D eigenvalue weighted by Gasteiger charge is -2.26. The average Bonchev–Trinajstić information content (AvgIpc) is 3.34. The topological polar surface area (TPSA) is 83.6 Å². The first-order valence-corrected chi connectivity index (χ1v) is 7.14. The smallest absolute Gasteiger partial charge is 0.247 e. The number of amides is 2. The van der Waals surface area contributed by atoms with Crippen LogP contribution in [-0.2, 0) is 9.59 Å². The maximum absolute atomic E-state index is 13.7. The Morgan fingerprint density at radius 2 is 1.74 bits per heavy atom. The standard InChI is InChI=1S/C17H15FN2O3/c18-13-10-12(6-7-14(13)21)20(11-4-2-1-3-5-11)16(23)17(8-9-17)15(19)22/h1-7,10,21H,8-9H2,(H2,19,22). The zero-order valence-corrected chi connectivity index (χ0v) is 12.2. The molecule has 0 aromatic heterocycles. The van der Waals surface area contributed by atoms with Crippen molar-refractivity contribution in [3.05, 3.63) is 54.3 Å². The molecule has 3 rings (SSSR count). The van der Waals surface area contributed by atoms with Crippen molar-refractivity contribution >= 4 is 23.2 Å². The molecule has 23 heavy (non-hydrogen) atoms. The minimum atomic E-state index is -1.23. The predicted molar refractivity (Wildman–Crippen MR) is 82.5 cm³/mol. The van der Waals surface area contributed by atoms with Crippen molar-refractivity contribution in [1.29, 1.82) is 0 Å². The number of benzene rings is 2. The number of nitrogens with zero attached hydrogens (tertiary/aromatic N) is 1. The summed E-state index contributed by atoms with van der Waals surface area (Å²) in [5.41, 5.74) is 4.87. The summed E-state index contributed by atoms with van der Waals surface area (Å²) in [7, 11) is 0. The number of anilines is 2. The largest absolute Gasteiger partial charge is 0.505 e. The second kappa shape index (κ2) is 5.39. The molecule has 3 N–H and O–H groups in total. The van der Waals surface area contributed by atoms with Crippen LogP contribution in [0.2, 0.25) is 0 Å². The molecule has 0 radical (unpaired) electrons. The normalized spacial score (nSPS) is 15.0. The number of phenols is 1. The average molecular weight is 314 g/mol. The van der Waals surface area contributed by atoms with Crippen molar-refractivity contribution in [1.82, 2.24) is 0 Å². The number of aromatic hydroxyl groups is 1. The van der Waals surface area contributed by atoms with Gasteiger partial charge in [-0.05, 0) is 37.1 Å². The van der Waals surface area contributed by atoms with Crippen LogP contribution in [0.4, 0.5) is 15.8 Å². The molecule has 2 aromatic rings. The zero-order chi connectivity index (χ0) is 16.6. The third kappa shape index (κ3) is 2.52. The van der Waals surface area contributed by atoms with Crippen LogP contribution in [-0.4, -0.2) is 16.9 Å². The molecular weight excluding hydrogens is 299 g/mol. The van der Waals surface area contributed by atoms with Crippen LogP contribution < -0.4 is 10.6 Å². The third-order valence-electron chi connectivity index (χ3n) is 4.04. The molecule has 0 spiro atoms. The number of hydrogen-bond acceptors (Lipinski definition) is 3. The number of phenolic OH excluding ortho intramolecular Hbond substituents is 1. The van der Waals surface area contributed by atoms with Crippen molar-refractivity contribution in [3.63, 3.8) is 0 Å². The summed E-state index contributed by atoms with van der Waals surface area (Å²) < 4.78 is 13.7. The molecule has 0 atom stereocenters. The van der Waals surface area contributed by atoms with Gasteiger partial charge in [0.05, 0.1) is 5.69 Å². The molecule has 0 heterocycles. The first-order valence-electron chi connectivity index (χ1n) is 7.14. The van der Waals surface area contributed by atoms with Gasteiger partial charge < -0.3 is 10.8 Å². The van der Waals surface area contributed by atoms with E-state index >= 15 is 0 Å². The van der Waals surface area contributed by atoms with Crippen LogP contribution in [0.3, 0.4) is 0 Å². The lowest BCUT2D eigenvalue weighted by atomic mass is 10.0. The fraction of sp³-hybridized carbons (Fsp3) is 0.176. The van der Waals surface area contributed by atoms with Crippen molar-refractivity contribution in [2.24, 2.45) is 11.1 Å². The minimum Gasteiger partial charge on any atom is -0.505 e. The fourth-order valence-corrected chi connectivity index (χ4v) is 2.50. The van der Waals surface area contributed by atoms with Crippen molar-refractivity contribution in [2.45, 2.75) is 12.8 Å². The van der Waals surface area contributed by atoms with Gasteiger partial charge in [0.2, 0.25) is 11.8 Å². The van der Waals surface area contributed by atoms with E-state index in [4.69, 9.17) is 5.73 Å². The Morgan fingerprint density at radius 3 is 2.26 bits per heavy atom. The van der Waals surface area contributed by atoms with E-state index < -0.39 is 28.8 Å². The van der Waals surface area contributed by atoms with E-state index in [2.05, 4.69) is 0 Å². The lowest BCUT2D eigenvalue weighted by Crippen LogP contribution is -2.41. The third-order valence-corrected chi connectivity index (χ3v) is 4.04. The van der Waals surface area contributed by atoms with Gasteiger partial charge in [-0.1, -0.05) is 18.2 Å². The number of carbonyl (C=O) groups excluding carboxylic acids is 2. The van der Waals surface area contributed by atoms with Crippen LogP contribution in [0.25, 0.3) is 0 Å². The Labute approximate surface area is 132 Å². The molecule has 1 saturated carbocycles. The molecule has 0 aliphatic heterocycles. The summed E-state index contributed by atoms with van der Waals surface area (Å²) in [6, 6.07) is 12.2. The highest BCUT2D eigenvalue weighted by molar-refractivity contribution is 6.16. The van der Waals surface area contributed by atoms with Gasteiger partial charge in [-0.15, -0.1) is 0 Å². The molecule has 1 aliphatic rings. The monoisotopic (exact) mass is 314 g/mol. The quantitative estimate of drug-likeness (QED) is 0.850. The summed E-state index contributed by atoms with van der Waals surface area (Å²) >= 11 is 0. The highest BCUT2D eigenvalue weighted by Gasteiger charge is 2.57. The Hall–Kier alpha value is -2.89. The molecule has 6 heteroatoms. The molecule has 0 saturated heterocycles. The summed E-state index contributed by atoms with van der Waals surface area (Å²) in [4.78, 5) is 25.8. The van der Waals surface area contributed by atoms with Gasteiger partial charge in [-0.25, -0.2) is 4.39 Å². The Bertz CT molecular complexity index is 773. The minimum absolute atomic E-state index is 0.226. The molecule has 1 aliphatic carbocycles. The molecule has 0 bridgehead atoms. The molecule has 5 nitrogen and oxygen atoms in total.